The third kappa shape index (κ3) is 4.18. The third-order valence-electron chi connectivity index (χ3n) is 2.63. The number of sulfonamides is 1. The average molecular weight is 325 g/mol. The smallest absolute Gasteiger partial charge is 0.236 e. The molecule has 0 saturated heterocycles. The molecule has 4 nitrogen and oxygen atoms in total. The van der Waals surface area contributed by atoms with Gasteiger partial charge in [0.05, 0.1) is 28.1 Å². The van der Waals surface area contributed by atoms with Gasteiger partial charge >= 0.3 is 0 Å². The van der Waals surface area contributed by atoms with Crippen LogP contribution in [0.2, 0.25) is 5.02 Å². The van der Waals surface area contributed by atoms with Gasteiger partial charge in [0.1, 0.15) is 5.82 Å². The first-order valence-corrected chi connectivity index (χ1v) is 7.87. The minimum absolute atomic E-state index is 0.0787. The minimum Gasteiger partial charge on any atom is -0.283 e. The molecule has 0 radical (unpaired) electrons. The topological polar surface area (TPSA) is 70.0 Å². The third-order valence-corrected chi connectivity index (χ3v) is 4.20. The minimum atomic E-state index is -3.68. The first-order chi connectivity index (χ1) is 9.89. The summed E-state index contributed by atoms with van der Waals surface area (Å²) in [5.74, 6) is -0.974. The molecule has 0 aliphatic heterocycles. The number of rotatable bonds is 4. The summed E-state index contributed by atoms with van der Waals surface area (Å²) < 4.78 is 39.5. The Bertz CT molecular complexity index is 799. The lowest BCUT2D eigenvalue weighted by Crippen LogP contribution is -2.15. The first-order valence-electron chi connectivity index (χ1n) is 5.84. The number of hydrogen-bond acceptors (Lipinski definition) is 3. The zero-order chi connectivity index (χ0) is 15.5. The van der Waals surface area contributed by atoms with Crippen molar-refractivity contribution in [1.82, 2.24) is 0 Å². The SMILES string of the molecule is N#Cc1ccc(CS(=O)(=O)Nc2ccc(Cl)c(F)c2)cc1. The van der Waals surface area contributed by atoms with E-state index in [1.807, 2.05) is 6.07 Å². The zero-order valence-corrected chi connectivity index (χ0v) is 12.2. The predicted molar refractivity (Wildman–Crippen MR) is 78.8 cm³/mol. The number of hydrogen-bond donors (Lipinski definition) is 1. The summed E-state index contributed by atoms with van der Waals surface area (Å²) in [6.07, 6.45) is 0. The molecule has 21 heavy (non-hydrogen) atoms. The van der Waals surface area contributed by atoms with Crippen molar-refractivity contribution in [3.8, 4) is 6.07 Å². The fraction of sp³-hybridized carbons (Fsp3) is 0.0714. The highest BCUT2D eigenvalue weighted by atomic mass is 35.5. The molecule has 1 N–H and O–H groups in total. The summed E-state index contributed by atoms with van der Waals surface area (Å²) in [6, 6.07) is 11.8. The van der Waals surface area contributed by atoms with Crippen LogP contribution in [0, 0.1) is 17.1 Å². The summed E-state index contributed by atoms with van der Waals surface area (Å²) in [6.45, 7) is 0. The number of anilines is 1. The second-order valence-electron chi connectivity index (χ2n) is 4.30. The summed E-state index contributed by atoms with van der Waals surface area (Å²) >= 11 is 5.53. The Morgan fingerprint density at radius 3 is 2.43 bits per heavy atom. The molecule has 2 aromatic carbocycles. The van der Waals surface area contributed by atoms with Crippen molar-refractivity contribution in [2.45, 2.75) is 5.75 Å². The number of nitriles is 1. The van der Waals surface area contributed by atoms with Crippen LogP contribution >= 0.6 is 11.6 Å². The molecule has 0 aliphatic carbocycles. The molecule has 0 heterocycles. The highest BCUT2D eigenvalue weighted by Gasteiger charge is 2.13. The Morgan fingerprint density at radius 2 is 1.86 bits per heavy atom. The lowest BCUT2D eigenvalue weighted by molar-refractivity contribution is 0.600. The van der Waals surface area contributed by atoms with Crippen molar-refractivity contribution >= 4 is 27.3 Å². The maximum absolute atomic E-state index is 13.3. The van der Waals surface area contributed by atoms with Gasteiger partial charge in [-0.1, -0.05) is 23.7 Å². The van der Waals surface area contributed by atoms with E-state index in [-0.39, 0.29) is 16.5 Å². The first kappa shape index (κ1) is 15.3. The van der Waals surface area contributed by atoms with Crippen LogP contribution in [0.25, 0.3) is 0 Å². The fourth-order valence-corrected chi connectivity index (χ4v) is 2.98. The van der Waals surface area contributed by atoms with Crippen molar-refractivity contribution in [2.75, 3.05) is 4.72 Å². The van der Waals surface area contributed by atoms with Gasteiger partial charge in [0.15, 0.2) is 0 Å². The largest absolute Gasteiger partial charge is 0.283 e. The number of benzene rings is 2. The van der Waals surface area contributed by atoms with E-state index in [0.29, 0.717) is 11.1 Å². The lowest BCUT2D eigenvalue weighted by atomic mass is 10.2. The molecular formula is C14H10ClFN2O2S. The quantitative estimate of drug-likeness (QED) is 0.938. The Labute approximate surface area is 126 Å². The molecule has 0 spiro atoms. The van der Waals surface area contributed by atoms with Crippen LogP contribution in [0.3, 0.4) is 0 Å². The second-order valence-corrected chi connectivity index (χ2v) is 6.43. The van der Waals surface area contributed by atoms with E-state index in [1.165, 1.54) is 24.3 Å². The Kier molecular flexibility index (Phi) is 4.46. The molecule has 0 unspecified atom stereocenters. The van der Waals surface area contributed by atoms with E-state index >= 15 is 0 Å². The molecule has 0 aromatic heterocycles. The van der Waals surface area contributed by atoms with E-state index in [0.717, 1.165) is 6.07 Å². The molecule has 0 aliphatic rings. The Balaban J connectivity index is 2.14. The number of nitrogens with zero attached hydrogens (tertiary/aromatic N) is 1. The molecule has 0 fully saturated rings. The second kappa shape index (κ2) is 6.12. The Hall–Kier alpha value is -2.10. The van der Waals surface area contributed by atoms with Gasteiger partial charge in [0.2, 0.25) is 10.0 Å². The molecule has 2 aromatic rings. The number of nitrogens with one attached hydrogen (secondary N) is 1. The summed E-state index contributed by atoms with van der Waals surface area (Å²) in [4.78, 5) is 0. The van der Waals surface area contributed by atoms with Crippen LogP contribution < -0.4 is 4.72 Å². The van der Waals surface area contributed by atoms with Gasteiger partial charge in [-0.25, -0.2) is 12.8 Å². The van der Waals surface area contributed by atoms with E-state index in [2.05, 4.69) is 4.72 Å². The van der Waals surface area contributed by atoms with Gasteiger partial charge in [-0.15, -0.1) is 0 Å². The zero-order valence-electron chi connectivity index (χ0n) is 10.7. The van der Waals surface area contributed by atoms with Crippen LogP contribution in [0.4, 0.5) is 10.1 Å². The molecule has 0 bridgehead atoms. The van der Waals surface area contributed by atoms with Gasteiger partial charge in [0, 0.05) is 0 Å². The molecule has 0 amide bonds. The molecule has 0 saturated carbocycles. The molecular weight excluding hydrogens is 315 g/mol. The molecule has 0 atom stereocenters. The van der Waals surface area contributed by atoms with Gasteiger partial charge in [0.25, 0.3) is 0 Å². The van der Waals surface area contributed by atoms with Gasteiger partial charge in [-0.2, -0.15) is 5.26 Å². The molecule has 2 rings (SSSR count). The fourth-order valence-electron chi connectivity index (χ4n) is 1.67. The van der Waals surface area contributed by atoms with Crippen molar-refractivity contribution < 1.29 is 12.8 Å². The summed E-state index contributed by atoms with van der Waals surface area (Å²) in [5.41, 5.74) is 1.07. The van der Waals surface area contributed by atoms with Crippen LogP contribution in [-0.4, -0.2) is 8.42 Å². The van der Waals surface area contributed by atoms with Crippen molar-refractivity contribution in [3.63, 3.8) is 0 Å². The standard InChI is InChI=1S/C14H10ClFN2O2S/c15-13-6-5-12(7-14(13)16)18-21(19,20)9-11-3-1-10(8-17)2-4-11/h1-7,18H,9H2. The van der Waals surface area contributed by atoms with Crippen molar-refractivity contribution in [3.05, 3.63) is 64.4 Å². The normalized spacial score (nSPS) is 10.9. The average Bonchev–Trinajstić information content (AvgIpc) is 2.43. The monoisotopic (exact) mass is 324 g/mol. The van der Waals surface area contributed by atoms with Crippen LogP contribution in [-0.2, 0) is 15.8 Å². The maximum atomic E-state index is 13.3. The number of halogens is 2. The van der Waals surface area contributed by atoms with E-state index in [1.54, 1.807) is 12.1 Å². The van der Waals surface area contributed by atoms with Crippen LogP contribution in [0.15, 0.2) is 42.5 Å². The Morgan fingerprint density at radius 1 is 1.19 bits per heavy atom. The highest BCUT2D eigenvalue weighted by Crippen LogP contribution is 2.20. The van der Waals surface area contributed by atoms with Crippen LogP contribution in [0.5, 0.6) is 0 Å². The van der Waals surface area contributed by atoms with E-state index in [9.17, 15) is 12.8 Å². The lowest BCUT2D eigenvalue weighted by Gasteiger charge is -2.08. The van der Waals surface area contributed by atoms with E-state index in [4.69, 9.17) is 16.9 Å². The van der Waals surface area contributed by atoms with Crippen molar-refractivity contribution in [2.24, 2.45) is 0 Å². The summed E-state index contributed by atoms with van der Waals surface area (Å²) in [5, 5.41) is 8.60. The van der Waals surface area contributed by atoms with Gasteiger partial charge < -0.3 is 0 Å². The van der Waals surface area contributed by atoms with Gasteiger partial charge in [-0.05, 0) is 35.9 Å². The van der Waals surface area contributed by atoms with Crippen molar-refractivity contribution in [1.29, 1.82) is 5.26 Å². The maximum Gasteiger partial charge on any atom is 0.236 e. The van der Waals surface area contributed by atoms with Crippen LogP contribution in [0.1, 0.15) is 11.1 Å². The molecule has 108 valence electrons. The predicted octanol–water partition coefficient (Wildman–Crippen LogP) is 3.29. The summed E-state index contributed by atoms with van der Waals surface area (Å²) in [7, 11) is -3.68. The van der Waals surface area contributed by atoms with Gasteiger partial charge in [-0.3, -0.25) is 4.72 Å². The highest BCUT2D eigenvalue weighted by molar-refractivity contribution is 7.91. The van der Waals surface area contributed by atoms with E-state index < -0.39 is 15.8 Å². The molecule has 7 heteroatoms.